The van der Waals surface area contributed by atoms with E-state index in [4.69, 9.17) is 0 Å². The first-order valence-electron chi connectivity index (χ1n) is 7.90. The molecule has 2 heterocycles. The SMILES string of the molecule is c1ccc(CC2CCCN2CC2CCNCC2)cc1. The van der Waals surface area contributed by atoms with Crippen molar-refractivity contribution in [3.8, 4) is 0 Å². The number of likely N-dealkylation sites (tertiary alicyclic amines) is 1. The second kappa shape index (κ2) is 6.53. The predicted molar refractivity (Wildman–Crippen MR) is 80.3 cm³/mol. The van der Waals surface area contributed by atoms with Gasteiger partial charge in [-0.05, 0) is 63.2 Å². The standard InChI is InChI=1S/C17H26N2/c1-2-5-15(6-3-1)13-17-7-4-12-19(17)14-16-8-10-18-11-9-16/h1-3,5-6,16-18H,4,7-14H2. The van der Waals surface area contributed by atoms with Crippen LogP contribution in [0.2, 0.25) is 0 Å². The molecule has 1 atom stereocenters. The van der Waals surface area contributed by atoms with Crippen LogP contribution in [0.15, 0.2) is 30.3 Å². The van der Waals surface area contributed by atoms with Gasteiger partial charge in [0.05, 0.1) is 0 Å². The smallest absolute Gasteiger partial charge is 0.0136 e. The maximum Gasteiger partial charge on any atom is 0.0136 e. The zero-order valence-electron chi connectivity index (χ0n) is 11.9. The van der Waals surface area contributed by atoms with E-state index in [-0.39, 0.29) is 0 Å². The normalized spacial score (nSPS) is 25.8. The Hall–Kier alpha value is -0.860. The van der Waals surface area contributed by atoms with Crippen molar-refractivity contribution in [1.29, 1.82) is 0 Å². The number of piperidine rings is 1. The minimum atomic E-state index is 0.789. The molecule has 3 rings (SSSR count). The van der Waals surface area contributed by atoms with Crippen LogP contribution in [0.1, 0.15) is 31.2 Å². The summed E-state index contributed by atoms with van der Waals surface area (Å²) in [6.45, 7) is 5.10. The maximum atomic E-state index is 3.47. The molecule has 2 fully saturated rings. The van der Waals surface area contributed by atoms with Gasteiger partial charge >= 0.3 is 0 Å². The molecular weight excluding hydrogens is 232 g/mol. The molecule has 1 aromatic rings. The zero-order valence-corrected chi connectivity index (χ0v) is 11.9. The van der Waals surface area contributed by atoms with E-state index in [1.165, 1.54) is 63.8 Å². The fourth-order valence-corrected chi connectivity index (χ4v) is 3.65. The average molecular weight is 258 g/mol. The van der Waals surface area contributed by atoms with E-state index in [2.05, 4.69) is 40.5 Å². The second-order valence-corrected chi connectivity index (χ2v) is 6.17. The van der Waals surface area contributed by atoms with Crippen molar-refractivity contribution >= 4 is 0 Å². The van der Waals surface area contributed by atoms with Gasteiger partial charge in [-0.2, -0.15) is 0 Å². The molecule has 1 aromatic carbocycles. The third-order valence-electron chi connectivity index (χ3n) is 4.76. The summed E-state index contributed by atoms with van der Waals surface area (Å²) in [6, 6.07) is 11.8. The Balaban J connectivity index is 1.55. The Morgan fingerprint density at radius 2 is 1.84 bits per heavy atom. The van der Waals surface area contributed by atoms with Gasteiger partial charge in [-0.15, -0.1) is 0 Å². The van der Waals surface area contributed by atoms with Crippen LogP contribution in [0.5, 0.6) is 0 Å². The first kappa shape index (κ1) is 13.1. The Labute approximate surface area is 117 Å². The maximum absolute atomic E-state index is 3.47. The molecule has 1 unspecified atom stereocenters. The highest BCUT2D eigenvalue weighted by atomic mass is 15.2. The third-order valence-corrected chi connectivity index (χ3v) is 4.76. The fourth-order valence-electron chi connectivity index (χ4n) is 3.65. The van der Waals surface area contributed by atoms with Crippen molar-refractivity contribution in [3.63, 3.8) is 0 Å². The van der Waals surface area contributed by atoms with Crippen molar-refractivity contribution in [2.45, 2.75) is 38.1 Å². The van der Waals surface area contributed by atoms with Crippen LogP contribution in [-0.2, 0) is 6.42 Å². The third kappa shape index (κ3) is 3.58. The Morgan fingerprint density at radius 1 is 1.05 bits per heavy atom. The molecule has 0 amide bonds. The minimum Gasteiger partial charge on any atom is -0.317 e. The fraction of sp³-hybridized carbons (Fsp3) is 0.647. The number of nitrogens with zero attached hydrogens (tertiary/aromatic N) is 1. The molecule has 0 aliphatic carbocycles. The molecule has 2 nitrogen and oxygen atoms in total. The largest absolute Gasteiger partial charge is 0.317 e. The van der Waals surface area contributed by atoms with Crippen LogP contribution >= 0.6 is 0 Å². The molecule has 2 heteroatoms. The molecule has 0 aromatic heterocycles. The summed E-state index contributed by atoms with van der Waals surface area (Å²) in [5.74, 6) is 0.928. The molecule has 0 bridgehead atoms. The Bertz CT molecular complexity index is 370. The molecule has 2 aliphatic heterocycles. The summed E-state index contributed by atoms with van der Waals surface area (Å²) in [5.41, 5.74) is 1.50. The quantitative estimate of drug-likeness (QED) is 0.893. The number of benzene rings is 1. The molecule has 2 saturated heterocycles. The summed E-state index contributed by atoms with van der Waals surface area (Å²) in [7, 11) is 0. The molecule has 2 aliphatic rings. The molecule has 104 valence electrons. The number of rotatable bonds is 4. The second-order valence-electron chi connectivity index (χ2n) is 6.17. The van der Waals surface area contributed by atoms with Crippen LogP contribution in [-0.4, -0.2) is 37.1 Å². The van der Waals surface area contributed by atoms with Crippen LogP contribution in [0.4, 0.5) is 0 Å². The lowest BCUT2D eigenvalue weighted by Crippen LogP contribution is -2.39. The lowest BCUT2D eigenvalue weighted by Gasteiger charge is -2.31. The first-order valence-corrected chi connectivity index (χ1v) is 7.90. The van der Waals surface area contributed by atoms with E-state index >= 15 is 0 Å². The molecule has 1 N–H and O–H groups in total. The molecule has 0 spiro atoms. The summed E-state index contributed by atoms with van der Waals surface area (Å²) >= 11 is 0. The van der Waals surface area contributed by atoms with Gasteiger partial charge in [0.15, 0.2) is 0 Å². The van der Waals surface area contributed by atoms with E-state index < -0.39 is 0 Å². The summed E-state index contributed by atoms with van der Waals surface area (Å²) in [6.07, 6.45) is 6.76. The van der Waals surface area contributed by atoms with Crippen LogP contribution in [0.3, 0.4) is 0 Å². The highest BCUT2D eigenvalue weighted by Gasteiger charge is 2.27. The Kier molecular flexibility index (Phi) is 4.52. The lowest BCUT2D eigenvalue weighted by molar-refractivity contribution is 0.191. The average Bonchev–Trinajstić information content (AvgIpc) is 2.88. The minimum absolute atomic E-state index is 0.789. The summed E-state index contributed by atoms with van der Waals surface area (Å²) < 4.78 is 0. The predicted octanol–water partition coefficient (Wildman–Crippen LogP) is 2.69. The van der Waals surface area contributed by atoms with Gasteiger partial charge in [0.1, 0.15) is 0 Å². The van der Waals surface area contributed by atoms with E-state index in [0.29, 0.717) is 0 Å². The monoisotopic (exact) mass is 258 g/mol. The van der Waals surface area contributed by atoms with Crippen LogP contribution in [0, 0.1) is 5.92 Å². The van der Waals surface area contributed by atoms with Crippen molar-refractivity contribution in [3.05, 3.63) is 35.9 Å². The topological polar surface area (TPSA) is 15.3 Å². The first-order chi connectivity index (χ1) is 9.42. The molecule has 0 radical (unpaired) electrons. The number of hydrogen-bond donors (Lipinski definition) is 1. The van der Waals surface area contributed by atoms with Gasteiger partial charge in [-0.1, -0.05) is 30.3 Å². The lowest BCUT2D eigenvalue weighted by atomic mass is 9.96. The van der Waals surface area contributed by atoms with Gasteiger partial charge in [0.2, 0.25) is 0 Å². The highest BCUT2D eigenvalue weighted by molar-refractivity contribution is 5.16. The van der Waals surface area contributed by atoms with E-state index in [0.717, 1.165) is 12.0 Å². The van der Waals surface area contributed by atoms with Crippen molar-refractivity contribution in [2.75, 3.05) is 26.2 Å². The van der Waals surface area contributed by atoms with E-state index in [1.54, 1.807) is 0 Å². The van der Waals surface area contributed by atoms with Gasteiger partial charge in [-0.3, -0.25) is 4.90 Å². The van der Waals surface area contributed by atoms with Gasteiger partial charge in [0, 0.05) is 12.6 Å². The van der Waals surface area contributed by atoms with Gasteiger partial charge in [-0.25, -0.2) is 0 Å². The molecular formula is C17H26N2. The van der Waals surface area contributed by atoms with E-state index in [9.17, 15) is 0 Å². The van der Waals surface area contributed by atoms with Crippen LogP contribution < -0.4 is 5.32 Å². The van der Waals surface area contributed by atoms with Crippen molar-refractivity contribution in [2.24, 2.45) is 5.92 Å². The van der Waals surface area contributed by atoms with Gasteiger partial charge in [0.25, 0.3) is 0 Å². The zero-order chi connectivity index (χ0) is 12.9. The van der Waals surface area contributed by atoms with Gasteiger partial charge < -0.3 is 5.32 Å². The summed E-state index contributed by atoms with van der Waals surface area (Å²) in [4.78, 5) is 2.77. The number of hydrogen-bond acceptors (Lipinski definition) is 2. The highest BCUT2D eigenvalue weighted by Crippen LogP contribution is 2.24. The Morgan fingerprint density at radius 3 is 2.63 bits per heavy atom. The molecule has 19 heavy (non-hydrogen) atoms. The van der Waals surface area contributed by atoms with Crippen molar-refractivity contribution in [1.82, 2.24) is 10.2 Å². The summed E-state index contributed by atoms with van der Waals surface area (Å²) in [5, 5.41) is 3.47. The van der Waals surface area contributed by atoms with Crippen molar-refractivity contribution < 1.29 is 0 Å². The molecule has 0 saturated carbocycles. The van der Waals surface area contributed by atoms with Crippen LogP contribution in [0.25, 0.3) is 0 Å². The number of nitrogens with one attached hydrogen (secondary N) is 1. The van der Waals surface area contributed by atoms with E-state index in [1.807, 2.05) is 0 Å².